The third kappa shape index (κ3) is 5.81. The molecule has 1 aliphatic rings. The molecule has 1 saturated heterocycles. The summed E-state index contributed by atoms with van der Waals surface area (Å²) in [4.78, 5) is 6.89. The van der Waals surface area contributed by atoms with Gasteiger partial charge in [0, 0.05) is 36.0 Å². The Hall–Kier alpha value is -1.41. The molecule has 0 spiro atoms. The number of anilines is 2. The Morgan fingerprint density at radius 1 is 1.08 bits per heavy atom. The molecule has 1 heterocycles. The van der Waals surface area contributed by atoms with Gasteiger partial charge in [0.05, 0.1) is 6.54 Å². The molecule has 0 atom stereocenters. The summed E-state index contributed by atoms with van der Waals surface area (Å²) in [6.45, 7) is 7.04. The topological polar surface area (TPSA) is 53.6 Å². The second-order valence-electron chi connectivity index (χ2n) is 6.39. The first kappa shape index (κ1) is 20.9. The molecule has 4 nitrogen and oxygen atoms in total. The highest BCUT2D eigenvalue weighted by Crippen LogP contribution is 2.20. The minimum Gasteiger partial charge on any atom is -0.370 e. The van der Waals surface area contributed by atoms with Crippen LogP contribution in [0.4, 0.5) is 11.4 Å². The fourth-order valence-electron chi connectivity index (χ4n) is 2.82. The number of rotatable bonds is 4. The molecule has 0 saturated carbocycles. The average molecular weight is 482 g/mol. The van der Waals surface area contributed by atoms with Gasteiger partial charge in [-0.3, -0.25) is 0 Å². The lowest BCUT2D eigenvalue weighted by Gasteiger charge is -2.28. The summed E-state index contributed by atoms with van der Waals surface area (Å²) in [7, 11) is 0. The lowest BCUT2D eigenvalue weighted by Crippen LogP contribution is -2.32. The van der Waals surface area contributed by atoms with E-state index in [0.717, 1.165) is 18.8 Å². The number of nitrogens with zero attached hydrogens (tertiary/aromatic N) is 2. The first-order chi connectivity index (χ1) is 12.1. The number of aryl methyl sites for hydroxylation is 2. The van der Waals surface area contributed by atoms with Crippen molar-refractivity contribution in [1.82, 2.24) is 0 Å². The second-order valence-corrected chi connectivity index (χ2v) is 7.62. The van der Waals surface area contributed by atoms with Crippen LogP contribution in [0.5, 0.6) is 0 Å². The highest BCUT2D eigenvalue weighted by Gasteiger charge is 2.10. The van der Waals surface area contributed by atoms with Gasteiger partial charge in [0.2, 0.25) is 0 Å². The molecule has 26 heavy (non-hydrogen) atoms. The Morgan fingerprint density at radius 2 is 1.77 bits per heavy atom. The summed E-state index contributed by atoms with van der Waals surface area (Å²) < 4.78 is 0. The lowest BCUT2D eigenvalue weighted by atomic mass is 10.1. The molecule has 0 aliphatic carbocycles. The van der Waals surface area contributed by atoms with E-state index in [-0.39, 0.29) is 24.0 Å². The molecule has 3 rings (SSSR count). The molecule has 0 unspecified atom stereocenters. The number of benzene rings is 2. The maximum absolute atomic E-state index is 6.02. The molecule has 2 aromatic carbocycles. The summed E-state index contributed by atoms with van der Waals surface area (Å²) in [5.74, 6) is 2.87. The summed E-state index contributed by atoms with van der Waals surface area (Å²) in [5, 5.41) is 3.16. The summed E-state index contributed by atoms with van der Waals surface area (Å²) in [5.41, 5.74) is 12.0. The number of thioether (sulfide) groups is 1. The Kier molecular flexibility index (Phi) is 8.09. The highest BCUT2D eigenvalue weighted by atomic mass is 127. The number of hydrogen-bond acceptors (Lipinski definition) is 3. The average Bonchev–Trinajstić information content (AvgIpc) is 2.64. The van der Waals surface area contributed by atoms with E-state index in [1.807, 2.05) is 17.8 Å². The van der Waals surface area contributed by atoms with Crippen molar-refractivity contribution in [2.24, 2.45) is 10.7 Å². The second kappa shape index (κ2) is 10.1. The number of nitrogens with two attached hydrogens (primary N) is 1. The zero-order valence-electron chi connectivity index (χ0n) is 15.4. The van der Waals surface area contributed by atoms with Crippen LogP contribution in [0.15, 0.2) is 47.5 Å². The van der Waals surface area contributed by atoms with Crippen LogP contribution in [0.25, 0.3) is 0 Å². The maximum Gasteiger partial charge on any atom is 0.193 e. The van der Waals surface area contributed by atoms with Gasteiger partial charge in [-0.1, -0.05) is 18.2 Å². The van der Waals surface area contributed by atoms with E-state index in [2.05, 4.69) is 65.5 Å². The maximum atomic E-state index is 6.02. The van der Waals surface area contributed by atoms with Crippen LogP contribution in [0, 0.1) is 13.8 Å². The van der Waals surface area contributed by atoms with E-state index in [0.29, 0.717) is 12.5 Å². The molecule has 1 fully saturated rings. The predicted octanol–water partition coefficient (Wildman–Crippen LogP) is 4.40. The molecule has 140 valence electrons. The van der Waals surface area contributed by atoms with Gasteiger partial charge in [0.25, 0.3) is 0 Å². The van der Waals surface area contributed by atoms with Crippen molar-refractivity contribution in [3.05, 3.63) is 59.2 Å². The molecule has 0 bridgehead atoms. The Labute approximate surface area is 177 Å². The minimum absolute atomic E-state index is 0. The van der Waals surface area contributed by atoms with Crippen molar-refractivity contribution in [1.29, 1.82) is 0 Å². The summed E-state index contributed by atoms with van der Waals surface area (Å²) in [6.07, 6.45) is 0. The molecule has 2 aromatic rings. The van der Waals surface area contributed by atoms with Crippen molar-refractivity contribution in [3.8, 4) is 0 Å². The van der Waals surface area contributed by atoms with E-state index in [4.69, 9.17) is 5.73 Å². The van der Waals surface area contributed by atoms with Crippen LogP contribution in [-0.4, -0.2) is 30.6 Å². The zero-order chi connectivity index (χ0) is 17.6. The molecule has 0 radical (unpaired) electrons. The molecular formula is C20H27IN4S. The first-order valence-electron chi connectivity index (χ1n) is 8.67. The molecule has 1 aliphatic heterocycles. The van der Waals surface area contributed by atoms with E-state index in [1.165, 1.54) is 33.9 Å². The number of guanidine groups is 1. The van der Waals surface area contributed by atoms with Gasteiger partial charge < -0.3 is 16.0 Å². The van der Waals surface area contributed by atoms with Gasteiger partial charge in [-0.15, -0.1) is 24.0 Å². The van der Waals surface area contributed by atoms with Gasteiger partial charge in [-0.25, -0.2) is 4.99 Å². The zero-order valence-corrected chi connectivity index (χ0v) is 18.5. The molecule has 0 amide bonds. The number of hydrogen-bond donors (Lipinski definition) is 2. The van der Waals surface area contributed by atoms with Gasteiger partial charge >= 0.3 is 0 Å². The van der Waals surface area contributed by atoms with E-state index in [9.17, 15) is 0 Å². The third-order valence-corrected chi connectivity index (χ3v) is 5.47. The summed E-state index contributed by atoms with van der Waals surface area (Å²) >= 11 is 2.03. The van der Waals surface area contributed by atoms with Crippen LogP contribution in [0.3, 0.4) is 0 Å². The minimum atomic E-state index is 0. The standard InChI is InChI=1S/C20H26N4S.HI/c1-15-3-6-18(13-16(15)2)23-20(21)22-14-17-4-7-19(8-5-17)24-9-11-25-12-10-24;/h3-8,13H,9-12,14H2,1-2H3,(H3,21,22,23);1H. The molecule has 0 aromatic heterocycles. The monoisotopic (exact) mass is 482 g/mol. The quantitative estimate of drug-likeness (QED) is 0.386. The highest BCUT2D eigenvalue weighted by molar-refractivity contribution is 14.0. The third-order valence-electron chi connectivity index (χ3n) is 4.52. The van der Waals surface area contributed by atoms with Crippen molar-refractivity contribution >= 4 is 53.1 Å². The van der Waals surface area contributed by atoms with Crippen LogP contribution in [0.2, 0.25) is 0 Å². The van der Waals surface area contributed by atoms with Crippen LogP contribution >= 0.6 is 35.7 Å². The molecular weight excluding hydrogens is 455 g/mol. The number of aliphatic imine (C=N–C) groups is 1. The van der Waals surface area contributed by atoms with Crippen LogP contribution in [0.1, 0.15) is 16.7 Å². The normalized spacial score (nSPS) is 14.7. The SMILES string of the molecule is Cc1ccc(NC(N)=NCc2ccc(N3CCSCC3)cc2)cc1C.I. The van der Waals surface area contributed by atoms with Crippen molar-refractivity contribution < 1.29 is 0 Å². The van der Waals surface area contributed by atoms with Crippen LogP contribution in [-0.2, 0) is 6.54 Å². The Bertz CT molecular complexity index is 740. The van der Waals surface area contributed by atoms with E-state index < -0.39 is 0 Å². The fourth-order valence-corrected chi connectivity index (χ4v) is 3.72. The molecule has 6 heteroatoms. The van der Waals surface area contributed by atoms with Gasteiger partial charge in [0.1, 0.15) is 0 Å². The first-order valence-corrected chi connectivity index (χ1v) is 9.83. The summed E-state index contributed by atoms with van der Waals surface area (Å²) in [6, 6.07) is 14.9. The largest absolute Gasteiger partial charge is 0.370 e. The lowest BCUT2D eigenvalue weighted by molar-refractivity contribution is 0.858. The van der Waals surface area contributed by atoms with Crippen molar-refractivity contribution in [2.75, 3.05) is 34.8 Å². The van der Waals surface area contributed by atoms with Gasteiger partial charge in [-0.05, 0) is 54.8 Å². The van der Waals surface area contributed by atoms with E-state index in [1.54, 1.807) is 0 Å². The van der Waals surface area contributed by atoms with Gasteiger partial charge in [-0.2, -0.15) is 11.8 Å². The van der Waals surface area contributed by atoms with Crippen LogP contribution < -0.4 is 16.0 Å². The van der Waals surface area contributed by atoms with Crippen molar-refractivity contribution in [3.63, 3.8) is 0 Å². The number of halogens is 1. The Balaban J connectivity index is 0.00000243. The predicted molar refractivity (Wildman–Crippen MR) is 126 cm³/mol. The molecule has 3 N–H and O–H groups in total. The smallest absolute Gasteiger partial charge is 0.193 e. The fraction of sp³-hybridized carbons (Fsp3) is 0.350. The van der Waals surface area contributed by atoms with Crippen molar-refractivity contribution in [2.45, 2.75) is 20.4 Å². The number of nitrogens with one attached hydrogen (secondary N) is 1. The Morgan fingerprint density at radius 3 is 2.42 bits per heavy atom. The van der Waals surface area contributed by atoms with Gasteiger partial charge in [0.15, 0.2) is 5.96 Å². The van der Waals surface area contributed by atoms with E-state index >= 15 is 0 Å².